The molecule has 0 amide bonds. The molecule has 2 rings (SSSR count). The Morgan fingerprint density at radius 1 is 1.32 bits per heavy atom. The van der Waals surface area contributed by atoms with Crippen LogP contribution in [0.25, 0.3) is 11.3 Å². The third kappa shape index (κ3) is 2.52. The Labute approximate surface area is 107 Å². The summed E-state index contributed by atoms with van der Waals surface area (Å²) in [6.45, 7) is 0. The molecule has 0 saturated carbocycles. The van der Waals surface area contributed by atoms with Crippen LogP contribution in [-0.4, -0.2) is 23.2 Å². The van der Waals surface area contributed by atoms with Crippen LogP contribution in [0.15, 0.2) is 30.3 Å². The van der Waals surface area contributed by atoms with Gasteiger partial charge in [0, 0.05) is 11.6 Å². The molecule has 4 nitrogen and oxygen atoms in total. The van der Waals surface area contributed by atoms with Crippen molar-refractivity contribution in [3.63, 3.8) is 0 Å². The third-order valence-electron chi connectivity index (χ3n) is 2.49. The molecule has 0 saturated heterocycles. The molecule has 0 aliphatic heterocycles. The second-order valence-electron chi connectivity index (χ2n) is 3.69. The number of ether oxygens (including phenoxy) is 1. The standard InChI is InChI=1S/C13H9F2NO3/c1-19-11-6-7(13(17)18)5-10(16-11)8-3-2-4-9(14)12(8)15/h2-6H,1H3,(H,17,18). The van der Waals surface area contributed by atoms with E-state index >= 15 is 0 Å². The van der Waals surface area contributed by atoms with Gasteiger partial charge in [0.25, 0.3) is 0 Å². The molecule has 0 aliphatic rings. The van der Waals surface area contributed by atoms with Crippen molar-refractivity contribution in [1.29, 1.82) is 0 Å². The normalized spacial score (nSPS) is 10.3. The molecule has 0 radical (unpaired) electrons. The Morgan fingerprint density at radius 2 is 2.05 bits per heavy atom. The SMILES string of the molecule is COc1cc(C(=O)O)cc(-c2cccc(F)c2F)n1. The molecule has 6 heteroatoms. The number of hydrogen-bond donors (Lipinski definition) is 1. The summed E-state index contributed by atoms with van der Waals surface area (Å²) in [6, 6.07) is 5.95. The van der Waals surface area contributed by atoms with Gasteiger partial charge in [-0.1, -0.05) is 6.07 Å². The number of rotatable bonds is 3. The number of carboxylic acids is 1. The van der Waals surface area contributed by atoms with Crippen molar-refractivity contribution in [2.45, 2.75) is 0 Å². The van der Waals surface area contributed by atoms with Crippen LogP contribution in [0, 0.1) is 11.6 Å². The van der Waals surface area contributed by atoms with E-state index < -0.39 is 17.6 Å². The van der Waals surface area contributed by atoms with Crippen LogP contribution in [0.2, 0.25) is 0 Å². The maximum atomic E-state index is 13.7. The van der Waals surface area contributed by atoms with E-state index in [0.29, 0.717) is 0 Å². The molecule has 1 aromatic carbocycles. The summed E-state index contributed by atoms with van der Waals surface area (Å²) in [5.41, 5.74) is -0.249. The van der Waals surface area contributed by atoms with Crippen molar-refractivity contribution in [1.82, 2.24) is 4.98 Å². The van der Waals surface area contributed by atoms with E-state index in [1.165, 1.54) is 25.3 Å². The average molecular weight is 265 g/mol. The second kappa shape index (κ2) is 5.01. The summed E-state index contributed by atoms with van der Waals surface area (Å²) in [7, 11) is 1.31. The van der Waals surface area contributed by atoms with Crippen molar-refractivity contribution in [3.05, 3.63) is 47.5 Å². The van der Waals surface area contributed by atoms with E-state index in [2.05, 4.69) is 4.98 Å². The fraction of sp³-hybridized carbons (Fsp3) is 0.0769. The maximum Gasteiger partial charge on any atom is 0.335 e. The molecular weight excluding hydrogens is 256 g/mol. The van der Waals surface area contributed by atoms with Crippen molar-refractivity contribution in [2.24, 2.45) is 0 Å². The molecule has 98 valence electrons. The van der Waals surface area contributed by atoms with Crippen molar-refractivity contribution in [2.75, 3.05) is 7.11 Å². The maximum absolute atomic E-state index is 13.7. The van der Waals surface area contributed by atoms with Gasteiger partial charge in [0.2, 0.25) is 5.88 Å². The highest BCUT2D eigenvalue weighted by molar-refractivity contribution is 5.89. The van der Waals surface area contributed by atoms with E-state index in [9.17, 15) is 13.6 Å². The number of nitrogens with zero attached hydrogens (tertiary/aromatic N) is 1. The Morgan fingerprint density at radius 3 is 2.68 bits per heavy atom. The molecule has 1 aromatic heterocycles. The Kier molecular flexibility index (Phi) is 3.41. The highest BCUT2D eigenvalue weighted by atomic mass is 19.2. The molecular formula is C13H9F2NO3. The van der Waals surface area contributed by atoms with E-state index in [1.807, 2.05) is 0 Å². The minimum Gasteiger partial charge on any atom is -0.481 e. The summed E-state index contributed by atoms with van der Waals surface area (Å²) in [6.07, 6.45) is 0. The Hall–Kier alpha value is -2.50. The van der Waals surface area contributed by atoms with Crippen LogP contribution >= 0.6 is 0 Å². The first-order valence-electron chi connectivity index (χ1n) is 5.26. The molecule has 1 heterocycles. The van der Waals surface area contributed by atoms with Crippen LogP contribution in [-0.2, 0) is 0 Å². The number of pyridine rings is 1. The summed E-state index contributed by atoms with van der Waals surface area (Å²) < 4.78 is 31.7. The van der Waals surface area contributed by atoms with Crippen LogP contribution in [0.4, 0.5) is 8.78 Å². The lowest BCUT2D eigenvalue weighted by molar-refractivity contribution is 0.0696. The summed E-state index contributed by atoms with van der Waals surface area (Å²) in [4.78, 5) is 14.9. The van der Waals surface area contributed by atoms with Crippen LogP contribution < -0.4 is 4.74 Å². The molecule has 2 aromatic rings. The molecule has 19 heavy (non-hydrogen) atoms. The summed E-state index contributed by atoms with van der Waals surface area (Å²) in [5.74, 6) is -3.31. The molecule has 0 atom stereocenters. The second-order valence-corrected chi connectivity index (χ2v) is 3.69. The van der Waals surface area contributed by atoms with Gasteiger partial charge in [-0.2, -0.15) is 0 Å². The molecule has 1 N–H and O–H groups in total. The zero-order chi connectivity index (χ0) is 14.0. The van der Waals surface area contributed by atoms with Gasteiger partial charge < -0.3 is 9.84 Å². The lowest BCUT2D eigenvalue weighted by Gasteiger charge is -2.07. The minimum atomic E-state index is -1.21. The predicted octanol–water partition coefficient (Wildman–Crippen LogP) is 2.73. The lowest BCUT2D eigenvalue weighted by atomic mass is 10.1. The van der Waals surface area contributed by atoms with Gasteiger partial charge in [0.05, 0.1) is 18.4 Å². The van der Waals surface area contributed by atoms with Crippen molar-refractivity contribution < 1.29 is 23.4 Å². The van der Waals surface area contributed by atoms with Crippen molar-refractivity contribution >= 4 is 5.97 Å². The summed E-state index contributed by atoms with van der Waals surface area (Å²) >= 11 is 0. The number of aromatic carboxylic acids is 1. The summed E-state index contributed by atoms with van der Waals surface area (Å²) in [5, 5.41) is 8.95. The number of carbonyl (C=O) groups is 1. The van der Waals surface area contributed by atoms with E-state index in [1.54, 1.807) is 0 Å². The lowest BCUT2D eigenvalue weighted by Crippen LogP contribution is -2.01. The monoisotopic (exact) mass is 265 g/mol. The van der Waals surface area contributed by atoms with E-state index in [4.69, 9.17) is 9.84 Å². The van der Waals surface area contributed by atoms with Gasteiger partial charge in [-0.05, 0) is 18.2 Å². The first-order valence-corrected chi connectivity index (χ1v) is 5.26. The van der Waals surface area contributed by atoms with E-state index in [0.717, 1.165) is 12.1 Å². The van der Waals surface area contributed by atoms with Gasteiger partial charge in [-0.25, -0.2) is 18.6 Å². The van der Waals surface area contributed by atoms with Gasteiger partial charge >= 0.3 is 5.97 Å². The quantitative estimate of drug-likeness (QED) is 0.927. The fourth-order valence-corrected chi connectivity index (χ4v) is 1.57. The van der Waals surface area contributed by atoms with Crippen LogP contribution in [0.1, 0.15) is 10.4 Å². The molecule has 0 unspecified atom stereocenters. The van der Waals surface area contributed by atoms with Gasteiger partial charge in [-0.15, -0.1) is 0 Å². The van der Waals surface area contributed by atoms with Crippen LogP contribution in [0.3, 0.4) is 0 Å². The zero-order valence-corrected chi connectivity index (χ0v) is 9.85. The van der Waals surface area contributed by atoms with E-state index in [-0.39, 0.29) is 22.7 Å². The van der Waals surface area contributed by atoms with Crippen molar-refractivity contribution in [3.8, 4) is 17.1 Å². The minimum absolute atomic E-state index is 0.00579. The number of methoxy groups -OCH3 is 1. The van der Waals surface area contributed by atoms with Gasteiger partial charge in [0.1, 0.15) is 0 Å². The fourth-order valence-electron chi connectivity index (χ4n) is 1.57. The number of hydrogen-bond acceptors (Lipinski definition) is 3. The smallest absolute Gasteiger partial charge is 0.335 e. The largest absolute Gasteiger partial charge is 0.481 e. The highest BCUT2D eigenvalue weighted by Gasteiger charge is 2.15. The molecule has 0 bridgehead atoms. The Balaban J connectivity index is 2.64. The average Bonchev–Trinajstić information content (AvgIpc) is 2.41. The topological polar surface area (TPSA) is 59.4 Å². The van der Waals surface area contributed by atoms with Gasteiger partial charge in [-0.3, -0.25) is 0 Å². The number of benzene rings is 1. The zero-order valence-electron chi connectivity index (χ0n) is 9.85. The first-order chi connectivity index (χ1) is 9.02. The number of halogens is 2. The Bertz CT molecular complexity index is 644. The predicted molar refractivity (Wildman–Crippen MR) is 63.1 cm³/mol. The molecule has 0 fully saturated rings. The first kappa shape index (κ1) is 12.9. The highest BCUT2D eigenvalue weighted by Crippen LogP contribution is 2.26. The van der Waals surface area contributed by atoms with Gasteiger partial charge in [0.15, 0.2) is 11.6 Å². The van der Waals surface area contributed by atoms with Crippen LogP contribution in [0.5, 0.6) is 5.88 Å². The molecule has 0 spiro atoms. The number of aromatic nitrogens is 1. The molecule has 0 aliphatic carbocycles. The number of carboxylic acid groups (broad SMARTS) is 1. The third-order valence-corrected chi connectivity index (χ3v) is 2.49.